The van der Waals surface area contributed by atoms with Crippen LogP contribution < -0.4 is 0 Å². The number of allylic oxidation sites excluding steroid dienone is 1. The van der Waals surface area contributed by atoms with Crippen LogP contribution in [-0.2, 0) is 0 Å². The lowest BCUT2D eigenvalue weighted by Crippen LogP contribution is -2.00. The van der Waals surface area contributed by atoms with E-state index in [9.17, 15) is 15.2 Å². The van der Waals surface area contributed by atoms with Gasteiger partial charge in [-0.2, -0.15) is 5.26 Å². The lowest BCUT2D eigenvalue weighted by Gasteiger charge is -2.02. The van der Waals surface area contributed by atoms with Crippen molar-refractivity contribution in [2.24, 2.45) is 0 Å². The fraction of sp³-hybridized carbons (Fsp3) is 0. The van der Waals surface area contributed by atoms with Gasteiger partial charge in [0, 0.05) is 5.39 Å². The van der Waals surface area contributed by atoms with Gasteiger partial charge in [-0.05, 0) is 35.9 Å². The number of ketones is 1. The lowest BCUT2D eigenvalue weighted by atomic mass is 10.1. The molecule has 0 aliphatic rings. The van der Waals surface area contributed by atoms with Crippen LogP contribution in [0.5, 0.6) is 5.75 Å². The highest BCUT2D eigenvalue weighted by Gasteiger charge is 2.17. The van der Waals surface area contributed by atoms with Crippen LogP contribution in [0.3, 0.4) is 0 Å². The van der Waals surface area contributed by atoms with Crippen LogP contribution in [0.25, 0.3) is 17.0 Å². The number of carbonyl (C=O) groups excluding carboxylic acids is 1. The molecular formula is C18H9Cl2NO3. The van der Waals surface area contributed by atoms with Crippen molar-refractivity contribution >= 4 is 46.0 Å². The van der Waals surface area contributed by atoms with Gasteiger partial charge in [-0.3, -0.25) is 4.79 Å². The van der Waals surface area contributed by atoms with Crippen LogP contribution in [0.15, 0.2) is 52.5 Å². The molecule has 0 unspecified atom stereocenters. The monoisotopic (exact) mass is 357 g/mol. The molecule has 0 amide bonds. The predicted molar refractivity (Wildman–Crippen MR) is 92.3 cm³/mol. The van der Waals surface area contributed by atoms with Gasteiger partial charge >= 0.3 is 0 Å². The molecule has 3 rings (SSSR count). The molecule has 3 aromatic rings. The summed E-state index contributed by atoms with van der Waals surface area (Å²) < 4.78 is 5.48. The van der Waals surface area contributed by atoms with Gasteiger partial charge in [0.15, 0.2) is 11.5 Å². The number of fused-ring (bicyclic) bond motifs is 1. The third-order valence-corrected chi connectivity index (χ3v) is 3.94. The summed E-state index contributed by atoms with van der Waals surface area (Å²) in [6.07, 6.45) is 1.34. The summed E-state index contributed by atoms with van der Waals surface area (Å²) in [6.45, 7) is 0. The van der Waals surface area contributed by atoms with E-state index in [1.54, 1.807) is 18.2 Å². The molecule has 4 nitrogen and oxygen atoms in total. The van der Waals surface area contributed by atoms with Gasteiger partial charge in [-0.25, -0.2) is 0 Å². The van der Waals surface area contributed by atoms with Crippen molar-refractivity contribution in [3.05, 3.63) is 69.4 Å². The van der Waals surface area contributed by atoms with Crippen molar-refractivity contribution in [1.82, 2.24) is 0 Å². The molecule has 0 spiro atoms. The van der Waals surface area contributed by atoms with Crippen LogP contribution >= 0.6 is 23.2 Å². The quantitative estimate of drug-likeness (QED) is 0.395. The molecule has 0 bridgehead atoms. The molecule has 0 aliphatic heterocycles. The van der Waals surface area contributed by atoms with Crippen LogP contribution in [0.1, 0.15) is 16.1 Å². The van der Waals surface area contributed by atoms with Crippen LogP contribution in [0, 0.1) is 11.3 Å². The number of aromatic hydroxyl groups is 1. The molecule has 1 heterocycles. The number of Topliss-reactive ketones (excluding diaryl/α,β-unsaturated/α-hetero) is 1. The van der Waals surface area contributed by atoms with Crippen molar-refractivity contribution in [3.63, 3.8) is 0 Å². The van der Waals surface area contributed by atoms with Gasteiger partial charge in [0.2, 0.25) is 5.78 Å². The Balaban J connectivity index is 2.02. The second-order valence-corrected chi connectivity index (χ2v) is 5.79. The number of rotatable bonds is 3. The molecule has 0 saturated carbocycles. The summed E-state index contributed by atoms with van der Waals surface area (Å²) in [7, 11) is 0. The van der Waals surface area contributed by atoms with Crippen molar-refractivity contribution < 1.29 is 14.3 Å². The van der Waals surface area contributed by atoms with Crippen LogP contribution in [0.2, 0.25) is 10.0 Å². The molecule has 24 heavy (non-hydrogen) atoms. The molecule has 2 aromatic carbocycles. The van der Waals surface area contributed by atoms with Crippen molar-refractivity contribution in [3.8, 4) is 11.8 Å². The zero-order valence-electron chi connectivity index (χ0n) is 12.1. The van der Waals surface area contributed by atoms with E-state index in [0.717, 1.165) is 5.39 Å². The number of nitriles is 1. The minimum absolute atomic E-state index is 0.0298. The second-order valence-electron chi connectivity index (χ2n) is 4.98. The highest BCUT2D eigenvalue weighted by molar-refractivity contribution is 6.37. The minimum Gasteiger partial charge on any atom is -0.505 e. The number of nitrogens with zero attached hydrogens (tertiary/aromatic N) is 1. The Hall–Kier alpha value is -2.74. The molecule has 0 saturated heterocycles. The van der Waals surface area contributed by atoms with Crippen molar-refractivity contribution in [2.75, 3.05) is 0 Å². The van der Waals surface area contributed by atoms with Gasteiger partial charge in [0.25, 0.3) is 0 Å². The smallest absolute Gasteiger partial charge is 0.238 e. The Morgan fingerprint density at radius 1 is 1.17 bits per heavy atom. The van der Waals surface area contributed by atoms with Gasteiger partial charge in [-0.15, -0.1) is 0 Å². The molecular weight excluding hydrogens is 349 g/mol. The highest BCUT2D eigenvalue weighted by Crippen LogP contribution is 2.33. The van der Waals surface area contributed by atoms with Crippen molar-refractivity contribution in [2.45, 2.75) is 0 Å². The molecule has 0 atom stereocenters. The standard InChI is InChI=1S/C18H9Cl2NO3/c19-13-6-10(7-14(20)18(13)23)5-12(9-21)17(22)16-8-11-3-1-2-4-15(11)24-16/h1-8,23H. The first-order valence-corrected chi connectivity index (χ1v) is 7.58. The zero-order chi connectivity index (χ0) is 17.3. The zero-order valence-corrected chi connectivity index (χ0v) is 13.6. The number of phenols is 1. The summed E-state index contributed by atoms with van der Waals surface area (Å²) in [5.41, 5.74) is 0.851. The molecule has 6 heteroatoms. The Labute approximate surface area is 147 Å². The van der Waals surface area contributed by atoms with E-state index in [1.807, 2.05) is 18.2 Å². The maximum Gasteiger partial charge on any atom is 0.238 e. The number of para-hydroxylation sites is 1. The largest absolute Gasteiger partial charge is 0.505 e. The third-order valence-electron chi connectivity index (χ3n) is 3.36. The fourth-order valence-electron chi connectivity index (χ4n) is 2.21. The van der Waals surface area contributed by atoms with Gasteiger partial charge in [-0.1, -0.05) is 41.4 Å². The van der Waals surface area contributed by atoms with E-state index >= 15 is 0 Å². The van der Waals surface area contributed by atoms with E-state index < -0.39 is 5.78 Å². The van der Waals surface area contributed by atoms with Crippen molar-refractivity contribution in [1.29, 1.82) is 5.26 Å². The third kappa shape index (κ3) is 3.00. The molecule has 118 valence electrons. The van der Waals surface area contributed by atoms with Gasteiger partial charge in [0.05, 0.1) is 10.0 Å². The molecule has 0 aliphatic carbocycles. The van der Waals surface area contributed by atoms with E-state index in [1.165, 1.54) is 18.2 Å². The van der Waals surface area contributed by atoms with E-state index in [-0.39, 0.29) is 27.1 Å². The number of phenolic OH excluding ortho intramolecular Hbond substituents is 1. The Morgan fingerprint density at radius 2 is 1.83 bits per heavy atom. The number of benzene rings is 2. The maximum absolute atomic E-state index is 12.5. The Morgan fingerprint density at radius 3 is 2.46 bits per heavy atom. The molecule has 0 fully saturated rings. The SMILES string of the molecule is N#CC(=Cc1cc(Cl)c(O)c(Cl)c1)C(=O)c1cc2ccccc2o1. The Kier molecular flexibility index (Phi) is 4.30. The van der Waals surface area contributed by atoms with E-state index in [2.05, 4.69) is 0 Å². The number of carbonyl (C=O) groups is 1. The first-order chi connectivity index (χ1) is 11.5. The second kappa shape index (κ2) is 6.40. The molecule has 1 aromatic heterocycles. The summed E-state index contributed by atoms with van der Waals surface area (Å²) >= 11 is 11.7. The number of hydrogen-bond donors (Lipinski definition) is 1. The van der Waals surface area contributed by atoms with Crippen LogP contribution in [0.4, 0.5) is 0 Å². The number of furan rings is 1. The summed E-state index contributed by atoms with van der Waals surface area (Å²) in [5.74, 6) is -0.730. The van der Waals surface area contributed by atoms with Gasteiger partial charge in [0.1, 0.15) is 17.2 Å². The molecule has 1 N–H and O–H groups in total. The molecule has 0 radical (unpaired) electrons. The lowest BCUT2D eigenvalue weighted by molar-refractivity contribution is 0.101. The minimum atomic E-state index is -0.547. The predicted octanol–water partition coefficient (Wildman–Crippen LogP) is 5.24. The first-order valence-electron chi connectivity index (χ1n) is 6.82. The average molecular weight is 358 g/mol. The number of hydrogen-bond acceptors (Lipinski definition) is 4. The van der Waals surface area contributed by atoms with Crippen LogP contribution in [-0.4, -0.2) is 10.9 Å². The summed E-state index contributed by atoms with van der Waals surface area (Å²) in [4.78, 5) is 12.5. The summed E-state index contributed by atoms with van der Waals surface area (Å²) in [6, 6.07) is 13.4. The fourth-order valence-corrected chi connectivity index (χ4v) is 2.71. The highest BCUT2D eigenvalue weighted by atomic mass is 35.5. The van der Waals surface area contributed by atoms with E-state index in [4.69, 9.17) is 27.6 Å². The topological polar surface area (TPSA) is 74.2 Å². The Bertz CT molecular complexity index is 972. The summed E-state index contributed by atoms with van der Waals surface area (Å²) in [5, 5.41) is 19.7. The maximum atomic E-state index is 12.5. The average Bonchev–Trinajstić information content (AvgIpc) is 3.01. The normalized spacial score (nSPS) is 11.5. The number of halogens is 2. The van der Waals surface area contributed by atoms with Gasteiger partial charge < -0.3 is 9.52 Å². The first kappa shape index (κ1) is 16.1. The van der Waals surface area contributed by atoms with E-state index in [0.29, 0.717) is 11.1 Å².